The molecule has 3 aliphatic heterocycles. The standard InChI is InChI=1S/C60H84N8O7Si/c1-11-67-49-26-25-41-33-45(49)46(55(67)44-21-17-27-61-51(44)37(5)6)34-60(7,8)36-74-59(73)47-22-18-28-68(64-47)57(71)48(31-38-29-42(41)32-43(30-38)75-76(12-2,13-3)14-4)62-56(70)54(40-19-15-16-20-40)66(10)50(69)35-65(9)58(72)53-52(63-53)39-23-24-39/h17,21,25-27,29-30,32-33,37,39-40,47-48,52-54,63-64H,11-16,18-20,22-24,28,31,34-36H2,1-10H3,(H,62,70)/t47-,48-,52+,53+,54-/m0/s1. The normalized spacial score (nSPS) is 22.5. The minimum atomic E-state index is -2.23. The Morgan fingerprint density at radius 3 is 2.36 bits per heavy atom. The molecule has 2 saturated carbocycles. The number of esters is 1. The molecule has 4 aromatic rings. The number of hydrogen-bond donors (Lipinski definition) is 3. The van der Waals surface area contributed by atoms with Gasteiger partial charge in [-0.2, -0.15) is 0 Å². The molecule has 4 fully saturated rings. The molecule has 3 N–H and O–H groups in total. The number of hydrogen-bond acceptors (Lipinski definition) is 10. The van der Waals surface area contributed by atoms with Crippen LogP contribution in [0.2, 0.25) is 18.1 Å². The fraction of sp³-hybridized carbons (Fsp3) is 0.600. The summed E-state index contributed by atoms with van der Waals surface area (Å²) in [6.45, 7) is 18.5. The van der Waals surface area contributed by atoms with Crippen molar-refractivity contribution in [3.63, 3.8) is 0 Å². The number of nitrogens with one attached hydrogen (secondary N) is 3. The fourth-order valence-corrected chi connectivity index (χ4v) is 15.2. The van der Waals surface area contributed by atoms with Gasteiger partial charge in [-0.1, -0.05) is 73.4 Å². The lowest BCUT2D eigenvalue weighted by Gasteiger charge is -2.37. The summed E-state index contributed by atoms with van der Waals surface area (Å²) in [6, 6.07) is 17.1. The Labute approximate surface area is 451 Å². The third kappa shape index (κ3) is 11.6. The molecule has 5 heterocycles. The molecule has 0 spiro atoms. The van der Waals surface area contributed by atoms with Crippen molar-refractivity contribution in [2.45, 2.75) is 180 Å². The Bertz CT molecular complexity index is 2810. The van der Waals surface area contributed by atoms with Gasteiger partial charge in [-0.05, 0) is 146 Å². The van der Waals surface area contributed by atoms with E-state index < -0.39 is 43.7 Å². The number of nitrogens with zero attached hydrogens (tertiary/aromatic N) is 5. The molecule has 2 saturated heterocycles. The first-order valence-electron chi connectivity index (χ1n) is 28.6. The molecule has 16 heteroatoms. The van der Waals surface area contributed by atoms with Gasteiger partial charge in [0.1, 0.15) is 29.9 Å². The van der Waals surface area contributed by atoms with Crippen LogP contribution in [0.5, 0.6) is 5.75 Å². The van der Waals surface area contributed by atoms with Crippen LogP contribution < -0.4 is 20.5 Å². The number of fused-ring (bicyclic) bond motifs is 6. The number of aromatic nitrogens is 2. The monoisotopic (exact) mass is 1060 g/mol. The van der Waals surface area contributed by atoms with Gasteiger partial charge in [0.25, 0.3) is 5.91 Å². The molecule has 6 bridgehead atoms. The van der Waals surface area contributed by atoms with E-state index in [0.717, 1.165) is 119 Å². The van der Waals surface area contributed by atoms with Crippen molar-refractivity contribution in [2.75, 3.05) is 33.8 Å². The van der Waals surface area contributed by atoms with Crippen LogP contribution in [0, 0.1) is 17.3 Å². The highest BCUT2D eigenvalue weighted by atomic mass is 28.4. The Hall–Kier alpha value is -5.58. The highest BCUT2D eigenvalue weighted by Crippen LogP contribution is 2.43. The minimum Gasteiger partial charge on any atom is -0.543 e. The van der Waals surface area contributed by atoms with Crippen LogP contribution in [0.1, 0.15) is 129 Å². The first-order chi connectivity index (χ1) is 36.4. The van der Waals surface area contributed by atoms with E-state index in [1.54, 1.807) is 14.1 Å². The Morgan fingerprint density at radius 2 is 1.67 bits per heavy atom. The average Bonchev–Trinajstić information content (AvgIpc) is 4.44. The summed E-state index contributed by atoms with van der Waals surface area (Å²) >= 11 is 0. The Balaban J connectivity index is 1.14. The van der Waals surface area contributed by atoms with E-state index in [1.807, 2.05) is 18.3 Å². The van der Waals surface area contributed by atoms with Crippen LogP contribution in [0.15, 0.2) is 54.7 Å². The van der Waals surface area contributed by atoms with Gasteiger partial charge in [0.2, 0.25) is 26.0 Å². The van der Waals surface area contributed by atoms with Crippen LogP contribution in [0.25, 0.3) is 33.3 Å². The molecule has 76 heavy (non-hydrogen) atoms. The second-order valence-electron chi connectivity index (χ2n) is 23.8. The summed E-state index contributed by atoms with van der Waals surface area (Å²) in [5, 5.41) is 9.11. The number of likely N-dealkylation sites (N-methyl/N-ethyl adjacent to an activating group) is 2. The topological polar surface area (TPSA) is 177 Å². The van der Waals surface area contributed by atoms with E-state index in [2.05, 4.69) is 112 Å². The molecule has 5 aliphatic rings. The van der Waals surface area contributed by atoms with Gasteiger partial charge >= 0.3 is 5.97 Å². The SMILES string of the molecule is CCn1c(-c2cccnc2C(C)C)c2c3cc(ccc31)-c1cc(cc(O[Si](CC)(CC)CC)c1)C[C@H](NC(=O)[C@H](C1CCCC1)N(C)C(=O)CN(C)C(=O)[C@@H]1N[C@@H]1C1CC1)C(=O)N1CCC[C@H](N1)C(=O)OCC(C)(C)C2. The Morgan fingerprint density at radius 1 is 0.934 bits per heavy atom. The molecule has 0 radical (unpaired) electrons. The predicted molar refractivity (Wildman–Crippen MR) is 300 cm³/mol. The number of cyclic esters (lactones) is 1. The molecular formula is C60H84N8O7Si. The number of benzene rings is 2. The van der Waals surface area contributed by atoms with Crippen LogP contribution in [0.4, 0.5) is 0 Å². The van der Waals surface area contributed by atoms with Crippen LogP contribution in [-0.4, -0.2) is 126 Å². The largest absolute Gasteiger partial charge is 0.543 e. The molecule has 9 rings (SSSR count). The number of ether oxygens (including phenoxy) is 1. The summed E-state index contributed by atoms with van der Waals surface area (Å²) in [5.41, 5.74) is 10.9. The van der Waals surface area contributed by atoms with Gasteiger partial charge < -0.3 is 28.8 Å². The molecule has 0 unspecified atom stereocenters. The first-order valence-corrected chi connectivity index (χ1v) is 31.2. The molecular weight excluding hydrogens is 973 g/mol. The van der Waals surface area contributed by atoms with E-state index in [1.165, 1.54) is 14.8 Å². The molecule has 2 aromatic heterocycles. The lowest BCUT2D eigenvalue weighted by Crippen LogP contribution is -2.62. The lowest BCUT2D eigenvalue weighted by atomic mass is 9.83. The predicted octanol–water partition coefficient (Wildman–Crippen LogP) is 8.77. The zero-order valence-corrected chi connectivity index (χ0v) is 47.9. The van der Waals surface area contributed by atoms with E-state index in [4.69, 9.17) is 14.1 Å². The summed E-state index contributed by atoms with van der Waals surface area (Å²) < 4.78 is 15.8. The van der Waals surface area contributed by atoms with Crippen molar-refractivity contribution in [3.05, 3.63) is 71.5 Å². The molecule has 15 nitrogen and oxygen atoms in total. The van der Waals surface area contributed by atoms with E-state index in [0.29, 0.717) is 31.7 Å². The number of carbonyl (C=O) groups excluding carboxylic acids is 5. The van der Waals surface area contributed by atoms with Crippen molar-refractivity contribution in [1.82, 2.24) is 40.4 Å². The lowest BCUT2D eigenvalue weighted by molar-refractivity contribution is -0.155. The minimum absolute atomic E-state index is 0.111. The smallest absolute Gasteiger partial charge is 0.324 e. The van der Waals surface area contributed by atoms with Crippen molar-refractivity contribution in [3.8, 4) is 28.1 Å². The number of hydrazine groups is 1. The molecule has 5 atom stereocenters. The summed E-state index contributed by atoms with van der Waals surface area (Å²) in [5.74, 6) is -0.392. The quantitative estimate of drug-likeness (QED) is 0.0559. The maximum Gasteiger partial charge on any atom is 0.324 e. The van der Waals surface area contributed by atoms with Crippen LogP contribution in [-0.2, 0) is 48.1 Å². The third-order valence-electron chi connectivity index (χ3n) is 17.4. The van der Waals surface area contributed by atoms with Gasteiger partial charge in [-0.25, -0.2) is 5.43 Å². The number of rotatable bonds is 16. The maximum atomic E-state index is 15.3. The number of pyridine rings is 1. The molecule has 2 aromatic carbocycles. The zero-order valence-electron chi connectivity index (χ0n) is 46.9. The first kappa shape index (κ1) is 55.2. The molecule has 410 valence electrons. The average molecular weight is 1060 g/mol. The highest BCUT2D eigenvalue weighted by molar-refractivity contribution is 6.74. The second-order valence-corrected chi connectivity index (χ2v) is 28.5. The van der Waals surface area contributed by atoms with Gasteiger partial charge in [-0.15, -0.1) is 0 Å². The van der Waals surface area contributed by atoms with Crippen molar-refractivity contribution in [1.29, 1.82) is 0 Å². The summed E-state index contributed by atoms with van der Waals surface area (Å²) in [7, 11) is 1.08. The maximum absolute atomic E-state index is 15.3. The van der Waals surface area contributed by atoms with Crippen LogP contribution >= 0.6 is 0 Å². The van der Waals surface area contributed by atoms with E-state index in [-0.39, 0.29) is 61.2 Å². The number of amides is 4. The van der Waals surface area contributed by atoms with Gasteiger partial charge in [-0.3, -0.25) is 39.3 Å². The van der Waals surface area contributed by atoms with E-state index >= 15 is 9.59 Å². The molecule has 4 amide bonds. The van der Waals surface area contributed by atoms with Crippen molar-refractivity contribution >= 4 is 48.8 Å². The molecule has 2 aliphatic carbocycles. The van der Waals surface area contributed by atoms with Crippen molar-refractivity contribution < 1.29 is 33.1 Å². The van der Waals surface area contributed by atoms with Crippen LogP contribution in [0.3, 0.4) is 0 Å². The highest BCUT2D eigenvalue weighted by Gasteiger charge is 2.52. The van der Waals surface area contributed by atoms with Gasteiger partial charge in [0, 0.05) is 67.7 Å². The number of aryl methyl sites for hydroxylation is 1. The zero-order chi connectivity index (χ0) is 54.2. The third-order valence-corrected chi connectivity index (χ3v) is 22.0. The second kappa shape index (κ2) is 22.8. The van der Waals surface area contributed by atoms with Crippen molar-refractivity contribution in [2.24, 2.45) is 17.3 Å². The summed E-state index contributed by atoms with van der Waals surface area (Å²) in [4.78, 5) is 80.2. The summed E-state index contributed by atoms with van der Waals surface area (Å²) in [6.07, 6.45) is 9.20. The van der Waals surface area contributed by atoms with Gasteiger partial charge in [0.15, 0.2) is 0 Å². The van der Waals surface area contributed by atoms with E-state index in [9.17, 15) is 14.4 Å². The van der Waals surface area contributed by atoms with Gasteiger partial charge in [0.05, 0.1) is 24.5 Å². The number of carbonyl (C=O) groups is 5. The fourth-order valence-electron chi connectivity index (χ4n) is 12.6. The Kier molecular flexibility index (Phi) is 16.5.